The van der Waals surface area contributed by atoms with Crippen molar-refractivity contribution in [3.8, 4) is 0 Å². The Morgan fingerprint density at radius 1 is 1.08 bits per heavy atom. The molecule has 0 atom stereocenters. The predicted molar refractivity (Wildman–Crippen MR) is 167 cm³/mol. The third-order valence-electron chi connectivity index (χ3n) is 5.95. The fourth-order valence-electron chi connectivity index (χ4n) is 3.94. The maximum absolute atomic E-state index is 5.87. The van der Waals surface area contributed by atoms with Crippen LogP contribution in [0, 0.1) is 6.92 Å². The number of aryl methyl sites for hydroxylation is 1. The lowest BCUT2D eigenvalue weighted by molar-refractivity contribution is 0.796. The molecule has 0 saturated carbocycles. The largest absolute Gasteiger partial charge is 0.397 e. The summed E-state index contributed by atoms with van der Waals surface area (Å²) >= 11 is 1.67. The van der Waals surface area contributed by atoms with Crippen LogP contribution < -0.4 is 11.1 Å². The lowest BCUT2D eigenvalue weighted by atomic mass is 10.1. The van der Waals surface area contributed by atoms with Gasteiger partial charge in [0.2, 0.25) is 0 Å². The number of allylic oxidation sites excluding steroid dienone is 2. The van der Waals surface area contributed by atoms with Gasteiger partial charge in [-0.15, -0.1) is 0 Å². The summed E-state index contributed by atoms with van der Waals surface area (Å²) in [7, 11) is 0. The fraction of sp³-hybridized carbons (Fsp3) is 0.125. The van der Waals surface area contributed by atoms with Crippen molar-refractivity contribution in [3.05, 3.63) is 138 Å². The number of anilines is 2. The average molecular weight is 535 g/mol. The highest BCUT2D eigenvalue weighted by Gasteiger charge is 2.10. The number of nitrogens with two attached hydrogens (primary N) is 1. The first kappa shape index (κ1) is 27.5. The number of hydrogen-bond acceptors (Lipinski definition) is 5. The third kappa shape index (κ3) is 7.30. The third-order valence-corrected chi connectivity index (χ3v) is 6.96. The summed E-state index contributed by atoms with van der Waals surface area (Å²) in [6.07, 6.45) is 11.7. The summed E-state index contributed by atoms with van der Waals surface area (Å²) in [5.74, 6) is 0. The van der Waals surface area contributed by atoms with Gasteiger partial charge >= 0.3 is 0 Å². The number of pyridine rings is 1. The van der Waals surface area contributed by atoms with E-state index >= 15 is 0 Å². The van der Waals surface area contributed by atoms with Crippen molar-refractivity contribution in [1.29, 1.82) is 0 Å². The average Bonchev–Trinajstić information content (AvgIpc) is 3.59. The van der Waals surface area contributed by atoms with Crippen molar-refractivity contribution in [1.82, 2.24) is 18.9 Å². The van der Waals surface area contributed by atoms with Gasteiger partial charge in [0.1, 0.15) is 5.65 Å². The van der Waals surface area contributed by atoms with E-state index in [4.69, 9.17) is 5.73 Å². The summed E-state index contributed by atoms with van der Waals surface area (Å²) in [4.78, 5) is 10.8. The van der Waals surface area contributed by atoms with Crippen LogP contribution >= 0.6 is 11.8 Å². The molecule has 0 fully saturated rings. The van der Waals surface area contributed by atoms with Crippen molar-refractivity contribution in [2.45, 2.75) is 27.3 Å². The van der Waals surface area contributed by atoms with Crippen molar-refractivity contribution >= 4 is 39.4 Å². The maximum Gasteiger partial charge on any atom is 0.137 e. The normalized spacial score (nSPS) is 11.1. The molecular formula is C32H34N6S. The maximum atomic E-state index is 5.87. The Morgan fingerprint density at radius 2 is 1.85 bits per heavy atom. The Hall–Kier alpha value is -4.49. The van der Waals surface area contributed by atoms with Crippen LogP contribution in [0.25, 0.3) is 16.2 Å². The highest BCUT2D eigenvalue weighted by atomic mass is 32.2. The molecule has 0 bridgehead atoms. The number of nitrogens with zero attached hydrogens (tertiary/aromatic N) is 4. The zero-order chi connectivity index (χ0) is 27.8. The molecular weight excluding hydrogens is 500 g/mol. The van der Waals surface area contributed by atoms with Gasteiger partial charge in [0.25, 0.3) is 0 Å². The number of nitrogens with one attached hydrogen (secondary N) is 1. The quantitative estimate of drug-likeness (QED) is 0.198. The number of fused-ring (bicyclic) bond motifs is 1. The van der Waals surface area contributed by atoms with Crippen LogP contribution in [0.2, 0.25) is 0 Å². The molecule has 3 aromatic heterocycles. The number of benzene rings is 2. The van der Waals surface area contributed by atoms with Crippen LogP contribution in [-0.4, -0.2) is 18.9 Å². The summed E-state index contributed by atoms with van der Waals surface area (Å²) in [6.45, 7) is 14.9. The van der Waals surface area contributed by atoms with Crippen LogP contribution in [0.1, 0.15) is 36.2 Å². The van der Waals surface area contributed by atoms with E-state index in [0.717, 1.165) is 45.4 Å². The molecule has 198 valence electrons. The number of thioether (sulfide) groups is 1. The predicted octanol–water partition coefficient (Wildman–Crippen LogP) is 7.87. The lowest BCUT2D eigenvalue weighted by Crippen LogP contribution is -2.00. The minimum atomic E-state index is 0.723. The zero-order valence-electron chi connectivity index (χ0n) is 22.6. The van der Waals surface area contributed by atoms with Crippen molar-refractivity contribution < 1.29 is 0 Å². The van der Waals surface area contributed by atoms with E-state index in [1.165, 1.54) is 16.0 Å². The molecule has 3 heterocycles. The molecule has 0 saturated heterocycles. The van der Waals surface area contributed by atoms with Crippen molar-refractivity contribution in [3.63, 3.8) is 0 Å². The first-order chi connectivity index (χ1) is 18.8. The number of para-hydroxylation sites is 2. The summed E-state index contributed by atoms with van der Waals surface area (Å²) in [5.41, 5.74) is 13.9. The molecule has 0 aliphatic rings. The van der Waals surface area contributed by atoms with Crippen molar-refractivity contribution in [2.24, 2.45) is 0 Å². The molecule has 0 aliphatic heterocycles. The highest BCUT2D eigenvalue weighted by molar-refractivity contribution is 8.11. The molecule has 7 heteroatoms. The molecule has 5 rings (SSSR count). The van der Waals surface area contributed by atoms with Gasteiger partial charge in [-0.05, 0) is 61.1 Å². The second-order valence-electron chi connectivity index (χ2n) is 9.16. The Morgan fingerprint density at radius 3 is 2.51 bits per heavy atom. The molecule has 0 radical (unpaired) electrons. The van der Waals surface area contributed by atoms with E-state index < -0.39 is 0 Å². The SMILES string of the molecule is C=C(C)S/C(=C\C)c1cnc2cc(Cn3ccnc3)ccn12.C=C(Nc1ccccc1N)c1ccc(C)cc1. The Kier molecular flexibility index (Phi) is 9.07. The van der Waals surface area contributed by atoms with Crippen LogP contribution in [0.4, 0.5) is 11.4 Å². The van der Waals surface area contributed by atoms with Gasteiger partial charge in [-0.25, -0.2) is 9.97 Å². The van der Waals surface area contributed by atoms with Crippen LogP contribution in [0.3, 0.4) is 0 Å². The summed E-state index contributed by atoms with van der Waals surface area (Å²) in [5, 5.41) is 3.23. The molecule has 6 nitrogen and oxygen atoms in total. The van der Waals surface area contributed by atoms with Gasteiger partial charge in [0.15, 0.2) is 0 Å². The molecule has 0 aliphatic carbocycles. The number of rotatable bonds is 8. The molecule has 3 N–H and O–H groups in total. The van der Waals surface area contributed by atoms with E-state index in [-0.39, 0.29) is 0 Å². The number of aromatic nitrogens is 4. The second kappa shape index (κ2) is 12.8. The van der Waals surface area contributed by atoms with E-state index in [0.29, 0.717) is 0 Å². The molecule has 5 aromatic rings. The number of hydrogen-bond donors (Lipinski definition) is 2. The Labute approximate surface area is 234 Å². The summed E-state index contributed by atoms with van der Waals surface area (Å²) < 4.78 is 4.16. The minimum absolute atomic E-state index is 0.723. The van der Waals surface area contributed by atoms with Crippen LogP contribution in [-0.2, 0) is 6.54 Å². The Balaban J connectivity index is 0.000000187. The molecule has 2 aromatic carbocycles. The molecule has 0 amide bonds. The summed E-state index contributed by atoms with van der Waals surface area (Å²) in [6, 6.07) is 20.1. The van der Waals surface area contributed by atoms with Crippen LogP contribution in [0.15, 0.2) is 116 Å². The van der Waals surface area contributed by atoms with E-state index in [1.54, 1.807) is 18.0 Å². The molecule has 0 unspecified atom stereocenters. The van der Waals surface area contributed by atoms with Gasteiger partial charge in [-0.2, -0.15) is 0 Å². The minimum Gasteiger partial charge on any atom is -0.397 e. The van der Waals surface area contributed by atoms with Gasteiger partial charge in [0.05, 0.1) is 29.6 Å². The highest BCUT2D eigenvalue weighted by Crippen LogP contribution is 2.32. The van der Waals surface area contributed by atoms with Gasteiger partial charge in [-0.3, -0.25) is 4.40 Å². The fourth-order valence-corrected chi connectivity index (χ4v) is 4.69. The van der Waals surface area contributed by atoms with Crippen LogP contribution in [0.5, 0.6) is 0 Å². The second-order valence-corrected chi connectivity index (χ2v) is 10.5. The first-order valence-corrected chi connectivity index (χ1v) is 13.4. The van der Waals surface area contributed by atoms with E-state index in [1.807, 2.05) is 73.5 Å². The van der Waals surface area contributed by atoms with Gasteiger partial charge < -0.3 is 15.6 Å². The first-order valence-electron chi connectivity index (χ1n) is 12.6. The molecule has 39 heavy (non-hydrogen) atoms. The van der Waals surface area contributed by atoms with Gasteiger partial charge in [0, 0.05) is 35.7 Å². The number of imidazole rings is 2. The smallest absolute Gasteiger partial charge is 0.137 e. The monoisotopic (exact) mass is 534 g/mol. The standard InChI is InChI=1S/C17H18N4S.C15H16N2/c1-4-16(22-13(2)3)15-10-19-17-9-14(5-7-21(15)17)11-20-8-6-18-12-20;1-11-7-9-13(10-8-11)12(2)17-15-6-4-3-5-14(15)16/h4-10,12H,2,11H2,1,3H3;3-10,17H,2,16H2,1H3/b16-4-;. The number of nitrogen functional groups attached to an aromatic ring is 1. The van der Waals surface area contributed by atoms with E-state index in [9.17, 15) is 0 Å². The lowest BCUT2D eigenvalue weighted by Gasteiger charge is -2.12. The van der Waals surface area contributed by atoms with Crippen molar-refractivity contribution in [2.75, 3.05) is 11.1 Å². The molecule has 0 spiro atoms. The van der Waals surface area contributed by atoms with E-state index in [2.05, 4.69) is 76.3 Å². The zero-order valence-corrected chi connectivity index (χ0v) is 23.4. The van der Waals surface area contributed by atoms with Gasteiger partial charge in [-0.1, -0.05) is 73.0 Å². The topological polar surface area (TPSA) is 73.2 Å². The Bertz CT molecular complexity index is 1590.